The Morgan fingerprint density at radius 1 is 1.14 bits per heavy atom. The first-order valence-electron chi connectivity index (χ1n) is 11.1. The van der Waals surface area contributed by atoms with Crippen LogP contribution in [-0.4, -0.2) is 67.8 Å². The number of imidazole rings is 1. The number of nitrogens with zero attached hydrogens (tertiary/aromatic N) is 4. The van der Waals surface area contributed by atoms with Gasteiger partial charge in [0.05, 0.1) is 12.1 Å². The van der Waals surface area contributed by atoms with E-state index in [4.69, 9.17) is 16.3 Å². The van der Waals surface area contributed by atoms with Crippen LogP contribution in [0, 0.1) is 0 Å². The van der Waals surface area contributed by atoms with Crippen molar-refractivity contribution in [3.8, 4) is 16.9 Å². The number of halogens is 4. The molecule has 4 heterocycles. The van der Waals surface area contributed by atoms with E-state index in [1.807, 2.05) is 0 Å². The topological polar surface area (TPSA) is 90.5 Å². The van der Waals surface area contributed by atoms with Crippen LogP contribution in [-0.2, 0) is 10.9 Å². The molecule has 2 aromatic heterocycles. The normalized spacial score (nSPS) is 18.9. The van der Waals surface area contributed by atoms with Gasteiger partial charge in [-0.1, -0.05) is 23.7 Å². The standard InChI is InChI=1S/C23H22ClF3N4O4/c24-19-18(21(33)29-6-4-15(5-7-29)30-8-9-35-22(30)34)28-20-17(23(25,26)27)11-14(12-31(19)20)13-2-1-3-16(32)10-13/h1-3,10-12,15,21,32-33H,4-9H2. The Kier molecular flexibility index (Phi) is 6.02. The van der Waals surface area contributed by atoms with Crippen LogP contribution in [0.1, 0.15) is 30.3 Å². The molecular formula is C23H22ClF3N4O4. The number of cyclic esters (lactones) is 1. The Bertz CT molecular complexity index is 1270. The van der Waals surface area contributed by atoms with Crippen molar-refractivity contribution < 1.29 is 32.9 Å². The highest BCUT2D eigenvalue weighted by Crippen LogP contribution is 2.39. The van der Waals surface area contributed by atoms with Crippen molar-refractivity contribution in [2.75, 3.05) is 26.2 Å². The molecule has 1 unspecified atom stereocenters. The molecule has 0 spiro atoms. The number of phenolic OH excluding ortho intramolecular Hbond substituents is 1. The van der Waals surface area contributed by atoms with Gasteiger partial charge in [-0.25, -0.2) is 9.78 Å². The summed E-state index contributed by atoms with van der Waals surface area (Å²) in [6.07, 6.45) is -3.85. The minimum absolute atomic E-state index is 0.0216. The lowest BCUT2D eigenvalue weighted by molar-refractivity contribution is -0.136. The predicted octanol–water partition coefficient (Wildman–Crippen LogP) is 4.29. The van der Waals surface area contributed by atoms with Gasteiger partial charge in [0.2, 0.25) is 0 Å². The molecule has 1 atom stereocenters. The van der Waals surface area contributed by atoms with Crippen LogP contribution in [0.2, 0.25) is 5.15 Å². The molecule has 1 aromatic carbocycles. The number of likely N-dealkylation sites (tertiary alicyclic amines) is 1. The Hall–Kier alpha value is -3.02. The number of carbonyl (C=O) groups is 1. The fourth-order valence-electron chi connectivity index (χ4n) is 4.70. The highest BCUT2D eigenvalue weighted by atomic mass is 35.5. The van der Waals surface area contributed by atoms with Gasteiger partial charge in [-0.05, 0) is 42.2 Å². The fraction of sp³-hybridized carbons (Fsp3) is 0.391. The Morgan fingerprint density at radius 3 is 2.51 bits per heavy atom. The monoisotopic (exact) mass is 510 g/mol. The third-order valence-corrected chi connectivity index (χ3v) is 6.87. The molecule has 0 saturated carbocycles. The molecule has 0 bridgehead atoms. The third kappa shape index (κ3) is 4.39. The van der Waals surface area contributed by atoms with Crippen LogP contribution < -0.4 is 0 Å². The molecule has 5 rings (SSSR count). The van der Waals surface area contributed by atoms with Crippen LogP contribution in [0.3, 0.4) is 0 Å². The second-order valence-corrected chi connectivity index (χ2v) is 8.98. The summed E-state index contributed by atoms with van der Waals surface area (Å²) in [4.78, 5) is 19.3. The van der Waals surface area contributed by atoms with Crippen LogP contribution in [0.5, 0.6) is 5.75 Å². The minimum atomic E-state index is -4.73. The largest absolute Gasteiger partial charge is 0.508 e. The number of carbonyl (C=O) groups excluding carboxylic acids is 1. The molecule has 8 nitrogen and oxygen atoms in total. The van der Waals surface area contributed by atoms with Gasteiger partial charge >= 0.3 is 12.3 Å². The first-order valence-corrected chi connectivity index (χ1v) is 11.4. The summed E-state index contributed by atoms with van der Waals surface area (Å²) in [5.41, 5.74) is -0.962. The number of pyridine rings is 1. The van der Waals surface area contributed by atoms with Crippen LogP contribution in [0.25, 0.3) is 16.8 Å². The number of benzene rings is 1. The molecule has 186 valence electrons. The van der Waals surface area contributed by atoms with Gasteiger partial charge in [-0.3, -0.25) is 9.30 Å². The SMILES string of the molecule is O=C1OCCN1C1CCN(C(O)c2nc3c(C(F)(F)F)cc(-c4cccc(O)c4)cn3c2Cl)CC1. The lowest BCUT2D eigenvalue weighted by Gasteiger charge is -2.37. The van der Waals surface area contributed by atoms with Gasteiger partial charge in [-0.2, -0.15) is 13.2 Å². The van der Waals surface area contributed by atoms with E-state index in [1.54, 1.807) is 15.9 Å². The number of aliphatic hydroxyl groups is 1. The van der Waals surface area contributed by atoms with Crippen molar-refractivity contribution in [3.05, 3.63) is 52.9 Å². The highest BCUT2D eigenvalue weighted by molar-refractivity contribution is 6.30. The molecule has 2 N–H and O–H groups in total. The summed E-state index contributed by atoms with van der Waals surface area (Å²) in [5, 5.41) is 20.6. The minimum Gasteiger partial charge on any atom is -0.508 e. The number of fused-ring (bicyclic) bond motifs is 1. The fourth-order valence-corrected chi connectivity index (χ4v) is 4.97. The Labute approximate surface area is 203 Å². The molecule has 2 aliphatic rings. The molecule has 3 aromatic rings. The van der Waals surface area contributed by atoms with E-state index in [2.05, 4.69) is 4.98 Å². The molecule has 12 heteroatoms. The van der Waals surface area contributed by atoms with E-state index in [1.165, 1.54) is 24.4 Å². The van der Waals surface area contributed by atoms with Crippen molar-refractivity contribution in [3.63, 3.8) is 0 Å². The van der Waals surface area contributed by atoms with E-state index in [0.29, 0.717) is 44.6 Å². The smallest absolute Gasteiger partial charge is 0.420 e. The molecule has 35 heavy (non-hydrogen) atoms. The van der Waals surface area contributed by atoms with Crippen LogP contribution in [0.4, 0.5) is 18.0 Å². The van der Waals surface area contributed by atoms with Crippen molar-refractivity contribution in [2.24, 2.45) is 0 Å². The number of alkyl halides is 3. The molecule has 0 radical (unpaired) electrons. The maximum absolute atomic E-state index is 14.0. The van der Waals surface area contributed by atoms with E-state index < -0.39 is 23.6 Å². The summed E-state index contributed by atoms with van der Waals surface area (Å²) < 4.78 is 47.9. The van der Waals surface area contributed by atoms with Crippen LogP contribution >= 0.6 is 11.6 Å². The number of ether oxygens (including phenoxy) is 1. The first-order chi connectivity index (χ1) is 16.6. The summed E-state index contributed by atoms with van der Waals surface area (Å²) >= 11 is 6.46. The van der Waals surface area contributed by atoms with E-state index >= 15 is 0 Å². The maximum atomic E-state index is 14.0. The summed E-state index contributed by atoms with van der Waals surface area (Å²) in [7, 11) is 0. The predicted molar refractivity (Wildman–Crippen MR) is 120 cm³/mol. The zero-order valence-electron chi connectivity index (χ0n) is 18.4. The summed E-state index contributed by atoms with van der Waals surface area (Å²) in [6, 6.07) is 6.79. The van der Waals surface area contributed by atoms with E-state index in [9.17, 15) is 28.2 Å². The molecule has 1 amide bonds. The second-order valence-electron chi connectivity index (χ2n) is 8.62. The number of rotatable bonds is 4. The maximum Gasteiger partial charge on any atom is 0.420 e. The van der Waals surface area contributed by atoms with E-state index in [0.717, 1.165) is 10.5 Å². The van der Waals surface area contributed by atoms with Gasteiger partial charge in [-0.15, -0.1) is 0 Å². The number of amides is 1. The lowest BCUT2D eigenvalue weighted by Crippen LogP contribution is -2.46. The zero-order valence-corrected chi connectivity index (χ0v) is 19.1. The molecule has 2 saturated heterocycles. The number of aliphatic hydroxyl groups excluding tert-OH is 1. The average Bonchev–Trinajstić information content (AvgIpc) is 3.40. The number of piperidine rings is 1. The average molecular weight is 511 g/mol. The number of aromatic hydroxyl groups is 1. The molecule has 2 fully saturated rings. The highest BCUT2D eigenvalue weighted by Gasteiger charge is 2.38. The van der Waals surface area contributed by atoms with Crippen LogP contribution in [0.15, 0.2) is 36.5 Å². The number of hydrogen-bond acceptors (Lipinski definition) is 6. The zero-order chi connectivity index (χ0) is 24.9. The summed E-state index contributed by atoms with van der Waals surface area (Å²) in [6.45, 7) is 1.68. The first kappa shape index (κ1) is 23.7. The van der Waals surface area contributed by atoms with Gasteiger partial charge in [0.15, 0.2) is 11.9 Å². The number of aromatic nitrogens is 2. The Balaban J connectivity index is 1.47. The van der Waals surface area contributed by atoms with Gasteiger partial charge in [0.1, 0.15) is 23.2 Å². The van der Waals surface area contributed by atoms with Gasteiger partial charge < -0.3 is 19.8 Å². The molecule has 0 aliphatic carbocycles. The van der Waals surface area contributed by atoms with Gasteiger partial charge in [0.25, 0.3) is 0 Å². The molecular weight excluding hydrogens is 489 g/mol. The lowest BCUT2D eigenvalue weighted by atomic mass is 10.0. The number of hydrogen-bond donors (Lipinski definition) is 2. The van der Waals surface area contributed by atoms with Crippen molar-refractivity contribution in [2.45, 2.75) is 31.3 Å². The number of phenols is 1. The van der Waals surface area contributed by atoms with Crippen molar-refractivity contribution in [1.29, 1.82) is 0 Å². The third-order valence-electron chi connectivity index (χ3n) is 6.49. The Morgan fingerprint density at radius 2 is 1.89 bits per heavy atom. The molecule has 2 aliphatic heterocycles. The van der Waals surface area contributed by atoms with Gasteiger partial charge in [0, 0.05) is 25.3 Å². The van der Waals surface area contributed by atoms with Crippen molar-refractivity contribution in [1.82, 2.24) is 19.2 Å². The van der Waals surface area contributed by atoms with E-state index in [-0.39, 0.29) is 34.3 Å². The summed E-state index contributed by atoms with van der Waals surface area (Å²) in [5.74, 6) is -0.0883. The van der Waals surface area contributed by atoms with Crippen molar-refractivity contribution >= 4 is 23.3 Å². The quantitative estimate of drug-likeness (QED) is 0.544. The second kappa shape index (κ2) is 8.89.